The van der Waals surface area contributed by atoms with Crippen LogP contribution in [0.15, 0.2) is 0 Å². The molecule has 0 unspecified atom stereocenters. The molecule has 0 spiro atoms. The van der Waals surface area contributed by atoms with Crippen molar-refractivity contribution in [2.45, 2.75) is 12.8 Å². The van der Waals surface area contributed by atoms with Crippen LogP contribution in [0.3, 0.4) is 0 Å². The third-order valence-corrected chi connectivity index (χ3v) is 5.37. The third kappa shape index (κ3) is 19.9. The number of nitrogens with two attached hydrogens (primary N) is 1. The Kier molecular flexibility index (Phi) is 24.8. The predicted molar refractivity (Wildman–Crippen MR) is 150 cm³/mol. The van der Waals surface area contributed by atoms with Gasteiger partial charge in [0.2, 0.25) is 40.7 Å². The molecule has 0 atom stereocenters. The summed E-state index contributed by atoms with van der Waals surface area (Å²) in [5.41, 5.74) is 5.31. The third-order valence-electron chi connectivity index (χ3n) is 5.37. The van der Waals surface area contributed by atoms with E-state index in [0.29, 0.717) is 92.4 Å². The van der Waals surface area contributed by atoms with Gasteiger partial charge < -0.3 is 53.7 Å². The summed E-state index contributed by atoms with van der Waals surface area (Å²) in [4.78, 5) is 23.4. The van der Waals surface area contributed by atoms with Crippen molar-refractivity contribution < 1.29 is 74.2 Å². The molecule has 0 radical (unpaired) electrons. The highest BCUT2D eigenvalue weighted by atomic mass is 19.2. The number of carbonyl (C=O) groups is 2. The number of halogens is 5. The van der Waals surface area contributed by atoms with Crippen molar-refractivity contribution in [2.24, 2.45) is 5.73 Å². The monoisotopic (exact) mass is 678 g/mol. The number of nitrogens with one attached hydrogen (secondary N) is 1. The number of ether oxygens (including phenoxy) is 9. The molecule has 0 saturated heterocycles. The van der Waals surface area contributed by atoms with E-state index in [1.165, 1.54) is 0 Å². The minimum atomic E-state index is -2.36. The topological polar surface area (TPSA) is 155 Å². The van der Waals surface area contributed by atoms with Gasteiger partial charge in [0, 0.05) is 19.5 Å². The summed E-state index contributed by atoms with van der Waals surface area (Å²) < 4.78 is 113. The molecule has 0 aliphatic carbocycles. The van der Waals surface area contributed by atoms with Gasteiger partial charge in [0.1, 0.15) is 0 Å². The molecule has 13 nitrogen and oxygen atoms in total. The first-order valence-corrected chi connectivity index (χ1v) is 14.6. The Hall–Kier alpha value is -2.55. The summed E-state index contributed by atoms with van der Waals surface area (Å²) in [5.74, 6) is -14.5. The fraction of sp³-hybridized carbons (Fsp3) is 0.714. The van der Waals surface area contributed by atoms with Crippen molar-refractivity contribution in [3.05, 3.63) is 29.1 Å². The van der Waals surface area contributed by atoms with Gasteiger partial charge in [-0.3, -0.25) is 9.59 Å². The Morgan fingerprint density at radius 3 is 1.26 bits per heavy atom. The highest BCUT2D eigenvalue weighted by Crippen LogP contribution is 2.29. The van der Waals surface area contributed by atoms with Crippen LogP contribution < -0.4 is 15.8 Å². The van der Waals surface area contributed by atoms with E-state index < -0.39 is 47.2 Å². The zero-order valence-electron chi connectivity index (χ0n) is 25.6. The van der Waals surface area contributed by atoms with E-state index in [0.717, 1.165) is 0 Å². The van der Waals surface area contributed by atoms with Crippen LogP contribution in [0.25, 0.3) is 0 Å². The minimum absolute atomic E-state index is 0.0112. The summed E-state index contributed by atoms with van der Waals surface area (Å²) in [7, 11) is 0. The standard InChI is InChI=1S/C28H43F5N2O11/c29-23-24(30)26(32)28(27(33)25(23)31)46-22(37)2-6-39-10-9-38-5-1-21(36)35-4-8-41-12-14-43-16-18-45-20-19-44-17-15-42-13-11-40-7-3-34/h1-20,34H2,(H,35,36). The second kappa shape index (κ2) is 27.6. The van der Waals surface area contributed by atoms with Crippen LogP contribution in [0.2, 0.25) is 0 Å². The number of rotatable bonds is 30. The van der Waals surface area contributed by atoms with Crippen LogP contribution in [-0.2, 0) is 47.5 Å². The first-order valence-electron chi connectivity index (χ1n) is 14.6. The Morgan fingerprint density at radius 1 is 0.478 bits per heavy atom. The molecule has 46 heavy (non-hydrogen) atoms. The maximum Gasteiger partial charge on any atom is 0.313 e. The zero-order chi connectivity index (χ0) is 33.8. The van der Waals surface area contributed by atoms with E-state index in [-0.39, 0.29) is 38.8 Å². The second-order valence-corrected chi connectivity index (χ2v) is 8.91. The Labute approximate surface area is 264 Å². The number of hydrogen-bond donors (Lipinski definition) is 2. The average Bonchev–Trinajstić information content (AvgIpc) is 3.05. The van der Waals surface area contributed by atoms with Crippen molar-refractivity contribution in [3.8, 4) is 5.75 Å². The van der Waals surface area contributed by atoms with Gasteiger partial charge in [0.05, 0.1) is 112 Å². The van der Waals surface area contributed by atoms with Crippen molar-refractivity contribution in [1.29, 1.82) is 0 Å². The average molecular weight is 679 g/mol. The van der Waals surface area contributed by atoms with Gasteiger partial charge >= 0.3 is 5.97 Å². The number of esters is 1. The molecule has 1 rings (SSSR count). The highest BCUT2D eigenvalue weighted by Gasteiger charge is 2.28. The van der Waals surface area contributed by atoms with Gasteiger partial charge in [-0.15, -0.1) is 0 Å². The summed E-state index contributed by atoms with van der Waals surface area (Å²) in [6.45, 7) is 5.97. The number of carbonyl (C=O) groups excluding carboxylic acids is 2. The first-order chi connectivity index (χ1) is 22.3. The Morgan fingerprint density at radius 2 is 0.826 bits per heavy atom. The quantitative estimate of drug-likeness (QED) is 0.0301. The summed E-state index contributed by atoms with van der Waals surface area (Å²) in [6.07, 6.45) is -0.437. The van der Waals surface area contributed by atoms with Gasteiger partial charge in [-0.2, -0.15) is 8.78 Å². The predicted octanol–water partition coefficient (Wildman–Crippen LogP) is 1.28. The van der Waals surface area contributed by atoms with E-state index >= 15 is 0 Å². The molecular weight excluding hydrogens is 635 g/mol. The van der Waals surface area contributed by atoms with Crippen LogP contribution in [0.1, 0.15) is 12.8 Å². The highest BCUT2D eigenvalue weighted by molar-refractivity contribution is 5.75. The Balaban J connectivity index is 1.84. The molecule has 0 saturated carbocycles. The smallest absolute Gasteiger partial charge is 0.313 e. The molecule has 1 aromatic rings. The van der Waals surface area contributed by atoms with Gasteiger partial charge in [-0.1, -0.05) is 0 Å². The maximum absolute atomic E-state index is 13.5. The normalized spacial score (nSPS) is 11.3. The lowest BCUT2D eigenvalue weighted by atomic mass is 10.2. The molecule has 3 N–H and O–H groups in total. The molecule has 0 fully saturated rings. The van der Waals surface area contributed by atoms with Crippen LogP contribution in [0.5, 0.6) is 5.75 Å². The van der Waals surface area contributed by atoms with Crippen molar-refractivity contribution >= 4 is 11.9 Å². The second-order valence-electron chi connectivity index (χ2n) is 8.91. The zero-order valence-corrected chi connectivity index (χ0v) is 25.6. The van der Waals surface area contributed by atoms with Gasteiger partial charge in [0.25, 0.3) is 0 Å². The summed E-state index contributed by atoms with van der Waals surface area (Å²) >= 11 is 0. The van der Waals surface area contributed by atoms with Crippen molar-refractivity contribution in [1.82, 2.24) is 5.32 Å². The molecule has 0 heterocycles. The molecule has 1 aromatic carbocycles. The molecule has 266 valence electrons. The van der Waals surface area contributed by atoms with E-state index in [9.17, 15) is 31.5 Å². The molecule has 18 heteroatoms. The first kappa shape index (κ1) is 41.5. The number of hydrogen-bond acceptors (Lipinski definition) is 12. The van der Waals surface area contributed by atoms with Crippen LogP contribution in [0.4, 0.5) is 22.0 Å². The van der Waals surface area contributed by atoms with Gasteiger partial charge in [-0.25, -0.2) is 13.2 Å². The number of benzene rings is 1. The van der Waals surface area contributed by atoms with E-state index in [1.54, 1.807) is 0 Å². The van der Waals surface area contributed by atoms with Crippen LogP contribution in [0, 0.1) is 29.1 Å². The minimum Gasteiger partial charge on any atom is -0.420 e. The largest absolute Gasteiger partial charge is 0.420 e. The van der Waals surface area contributed by atoms with Crippen molar-refractivity contribution in [3.63, 3.8) is 0 Å². The van der Waals surface area contributed by atoms with Crippen molar-refractivity contribution in [2.75, 3.05) is 119 Å². The fourth-order valence-electron chi connectivity index (χ4n) is 3.12. The van der Waals surface area contributed by atoms with E-state index in [4.69, 9.17) is 43.6 Å². The molecule has 0 aliphatic rings. The lowest BCUT2D eigenvalue weighted by Gasteiger charge is -2.09. The van der Waals surface area contributed by atoms with Gasteiger partial charge in [-0.05, 0) is 0 Å². The number of amides is 1. The molecular formula is C28H43F5N2O11. The molecule has 0 aromatic heterocycles. The maximum atomic E-state index is 13.5. The summed E-state index contributed by atoms with van der Waals surface area (Å²) in [6, 6.07) is 0. The van der Waals surface area contributed by atoms with E-state index in [2.05, 4.69) is 10.1 Å². The van der Waals surface area contributed by atoms with Crippen LogP contribution in [-0.4, -0.2) is 131 Å². The SMILES string of the molecule is NCCOCCOCCOCCOCCOCCOCCNC(=O)CCOCCOCCC(=O)Oc1c(F)c(F)c(F)c(F)c1F. The summed E-state index contributed by atoms with van der Waals surface area (Å²) in [5, 5.41) is 2.66. The fourth-order valence-corrected chi connectivity index (χ4v) is 3.12. The lowest BCUT2D eigenvalue weighted by Crippen LogP contribution is -2.28. The van der Waals surface area contributed by atoms with Crippen LogP contribution >= 0.6 is 0 Å². The lowest BCUT2D eigenvalue weighted by molar-refractivity contribution is -0.136. The molecule has 0 bridgehead atoms. The molecule has 1 amide bonds. The van der Waals surface area contributed by atoms with E-state index in [1.807, 2.05) is 0 Å². The Bertz CT molecular complexity index is 953. The van der Waals surface area contributed by atoms with Gasteiger partial charge in [0.15, 0.2) is 0 Å². The molecule has 0 aliphatic heterocycles.